The molecule has 134 valence electrons. The summed E-state index contributed by atoms with van der Waals surface area (Å²) in [5.74, 6) is 1.05. The van der Waals surface area contributed by atoms with Crippen molar-refractivity contribution in [3.63, 3.8) is 0 Å². The largest absolute Gasteiger partial charge is 0.478 e. The number of aromatic nitrogens is 2. The van der Waals surface area contributed by atoms with Crippen molar-refractivity contribution in [1.29, 1.82) is 0 Å². The standard InChI is InChI=1S/C18H24N4O3/c1-18(2,3)25-17(23)22-10-9-12(11-22)19-15-16(24-4)21-14-8-6-5-7-13(14)20-15/h5-8,12H,9-11H2,1-4H3,(H,19,20)/t12-/m0/s1. The molecule has 0 bridgehead atoms. The molecule has 0 unspecified atom stereocenters. The lowest BCUT2D eigenvalue weighted by molar-refractivity contribution is 0.0293. The van der Waals surface area contributed by atoms with Gasteiger partial charge in [0.2, 0.25) is 0 Å². The summed E-state index contributed by atoms with van der Waals surface area (Å²) in [4.78, 5) is 23.0. The van der Waals surface area contributed by atoms with Gasteiger partial charge in [0.15, 0.2) is 5.82 Å². The number of fused-ring (bicyclic) bond motifs is 1. The Morgan fingerprint density at radius 2 is 1.92 bits per heavy atom. The summed E-state index contributed by atoms with van der Waals surface area (Å²) in [5, 5.41) is 3.35. The zero-order chi connectivity index (χ0) is 18.0. The third-order valence-electron chi connectivity index (χ3n) is 3.91. The zero-order valence-corrected chi connectivity index (χ0v) is 15.1. The van der Waals surface area contributed by atoms with E-state index < -0.39 is 5.60 Å². The Morgan fingerprint density at radius 1 is 1.24 bits per heavy atom. The molecule has 7 nitrogen and oxygen atoms in total. The number of amides is 1. The van der Waals surface area contributed by atoms with Gasteiger partial charge in [-0.25, -0.2) is 14.8 Å². The Balaban J connectivity index is 1.71. The van der Waals surface area contributed by atoms with Crippen LogP contribution in [0.15, 0.2) is 24.3 Å². The molecule has 2 heterocycles. The second-order valence-corrected chi connectivity index (χ2v) is 7.13. The van der Waals surface area contributed by atoms with Crippen LogP contribution in [0.5, 0.6) is 5.88 Å². The van der Waals surface area contributed by atoms with Gasteiger partial charge in [0.05, 0.1) is 18.1 Å². The Labute approximate surface area is 147 Å². The van der Waals surface area contributed by atoms with Crippen LogP contribution in [0.3, 0.4) is 0 Å². The fraction of sp³-hybridized carbons (Fsp3) is 0.500. The first-order chi connectivity index (χ1) is 11.9. The van der Waals surface area contributed by atoms with E-state index in [1.807, 2.05) is 45.0 Å². The highest BCUT2D eigenvalue weighted by molar-refractivity contribution is 5.77. The maximum atomic E-state index is 12.2. The molecule has 3 rings (SSSR count). The maximum absolute atomic E-state index is 12.2. The van der Waals surface area contributed by atoms with Gasteiger partial charge >= 0.3 is 6.09 Å². The van der Waals surface area contributed by atoms with Crippen LogP contribution in [0.1, 0.15) is 27.2 Å². The predicted molar refractivity (Wildman–Crippen MR) is 95.9 cm³/mol. The van der Waals surface area contributed by atoms with Crippen molar-refractivity contribution in [1.82, 2.24) is 14.9 Å². The summed E-state index contributed by atoms with van der Waals surface area (Å²) in [5.41, 5.74) is 1.09. The van der Waals surface area contributed by atoms with E-state index in [0.717, 1.165) is 17.5 Å². The van der Waals surface area contributed by atoms with Gasteiger partial charge in [0.1, 0.15) is 5.60 Å². The third kappa shape index (κ3) is 4.10. The molecule has 2 aromatic rings. The number of hydrogen-bond donors (Lipinski definition) is 1. The number of ether oxygens (including phenoxy) is 2. The number of carbonyl (C=O) groups is 1. The number of rotatable bonds is 3. The summed E-state index contributed by atoms with van der Waals surface area (Å²) in [6, 6.07) is 7.73. The fourth-order valence-corrected chi connectivity index (χ4v) is 2.78. The summed E-state index contributed by atoms with van der Waals surface area (Å²) >= 11 is 0. The summed E-state index contributed by atoms with van der Waals surface area (Å²) in [6.07, 6.45) is 0.532. The topological polar surface area (TPSA) is 76.6 Å². The normalized spacial score (nSPS) is 17.6. The van der Waals surface area contributed by atoms with Gasteiger partial charge < -0.3 is 19.7 Å². The average molecular weight is 344 g/mol. The molecule has 1 amide bonds. The first kappa shape index (κ1) is 17.3. The van der Waals surface area contributed by atoms with Gasteiger partial charge in [0, 0.05) is 19.1 Å². The van der Waals surface area contributed by atoms with Crippen LogP contribution < -0.4 is 10.1 Å². The van der Waals surface area contributed by atoms with Crippen molar-refractivity contribution < 1.29 is 14.3 Å². The van der Waals surface area contributed by atoms with Crippen molar-refractivity contribution in [3.8, 4) is 5.88 Å². The molecule has 0 radical (unpaired) electrons. The summed E-state index contributed by atoms with van der Waals surface area (Å²) < 4.78 is 10.8. The molecular formula is C18H24N4O3. The molecule has 1 saturated heterocycles. The second kappa shape index (κ2) is 6.74. The first-order valence-corrected chi connectivity index (χ1v) is 8.41. The van der Waals surface area contributed by atoms with E-state index in [0.29, 0.717) is 24.8 Å². The molecule has 1 aliphatic rings. The van der Waals surface area contributed by atoms with E-state index in [1.165, 1.54) is 0 Å². The molecule has 1 aliphatic heterocycles. The monoisotopic (exact) mass is 344 g/mol. The van der Waals surface area contributed by atoms with E-state index in [4.69, 9.17) is 9.47 Å². The van der Waals surface area contributed by atoms with Crippen molar-refractivity contribution in [2.75, 3.05) is 25.5 Å². The Hall–Kier alpha value is -2.57. The van der Waals surface area contributed by atoms with Crippen LogP contribution in [0.25, 0.3) is 11.0 Å². The van der Waals surface area contributed by atoms with Crippen LogP contribution >= 0.6 is 0 Å². The third-order valence-corrected chi connectivity index (χ3v) is 3.91. The van der Waals surface area contributed by atoms with Gasteiger partial charge in [-0.2, -0.15) is 0 Å². The number of para-hydroxylation sites is 2. The average Bonchev–Trinajstić information content (AvgIpc) is 3.01. The number of likely N-dealkylation sites (tertiary alicyclic amines) is 1. The fourth-order valence-electron chi connectivity index (χ4n) is 2.78. The number of carbonyl (C=O) groups excluding carboxylic acids is 1. The lowest BCUT2D eigenvalue weighted by atomic mass is 10.2. The molecule has 0 saturated carbocycles. The number of benzene rings is 1. The molecule has 1 aromatic carbocycles. The molecule has 0 aliphatic carbocycles. The minimum atomic E-state index is -0.490. The molecular weight excluding hydrogens is 320 g/mol. The number of nitrogens with zero attached hydrogens (tertiary/aromatic N) is 3. The van der Waals surface area contributed by atoms with Crippen LogP contribution in [-0.4, -0.2) is 52.8 Å². The quantitative estimate of drug-likeness (QED) is 0.922. The Morgan fingerprint density at radius 3 is 2.56 bits per heavy atom. The molecule has 25 heavy (non-hydrogen) atoms. The zero-order valence-electron chi connectivity index (χ0n) is 15.1. The number of anilines is 1. The maximum Gasteiger partial charge on any atom is 0.410 e. The van der Waals surface area contributed by atoms with E-state index in [9.17, 15) is 4.79 Å². The molecule has 0 spiro atoms. The molecule has 1 fully saturated rings. The lowest BCUT2D eigenvalue weighted by Crippen LogP contribution is -2.36. The van der Waals surface area contributed by atoms with Crippen LogP contribution in [0, 0.1) is 0 Å². The van der Waals surface area contributed by atoms with Gasteiger partial charge in [-0.1, -0.05) is 12.1 Å². The minimum absolute atomic E-state index is 0.0804. The number of nitrogens with one attached hydrogen (secondary N) is 1. The molecule has 1 aromatic heterocycles. The number of hydrogen-bond acceptors (Lipinski definition) is 6. The van der Waals surface area contributed by atoms with Gasteiger partial charge in [-0.3, -0.25) is 0 Å². The first-order valence-electron chi connectivity index (χ1n) is 8.41. The lowest BCUT2D eigenvalue weighted by Gasteiger charge is -2.24. The van der Waals surface area contributed by atoms with Gasteiger partial charge in [-0.15, -0.1) is 0 Å². The summed E-state index contributed by atoms with van der Waals surface area (Å²) in [7, 11) is 1.58. The molecule has 1 N–H and O–H groups in total. The van der Waals surface area contributed by atoms with Crippen molar-refractivity contribution >= 4 is 22.9 Å². The van der Waals surface area contributed by atoms with Crippen molar-refractivity contribution in [2.45, 2.75) is 38.8 Å². The highest BCUT2D eigenvalue weighted by Gasteiger charge is 2.30. The van der Waals surface area contributed by atoms with Crippen LogP contribution in [-0.2, 0) is 4.74 Å². The molecule has 7 heteroatoms. The Kier molecular flexibility index (Phi) is 4.65. The van der Waals surface area contributed by atoms with Gasteiger partial charge in [0.25, 0.3) is 5.88 Å². The van der Waals surface area contributed by atoms with E-state index in [-0.39, 0.29) is 12.1 Å². The van der Waals surface area contributed by atoms with Crippen LogP contribution in [0.2, 0.25) is 0 Å². The van der Waals surface area contributed by atoms with E-state index in [1.54, 1.807) is 12.0 Å². The van der Waals surface area contributed by atoms with E-state index >= 15 is 0 Å². The highest BCUT2D eigenvalue weighted by atomic mass is 16.6. The number of methoxy groups -OCH3 is 1. The minimum Gasteiger partial charge on any atom is -0.478 e. The van der Waals surface area contributed by atoms with Crippen LogP contribution in [0.4, 0.5) is 10.6 Å². The molecule has 1 atom stereocenters. The van der Waals surface area contributed by atoms with Crippen molar-refractivity contribution in [2.24, 2.45) is 0 Å². The van der Waals surface area contributed by atoms with Gasteiger partial charge in [-0.05, 0) is 39.3 Å². The summed E-state index contributed by atoms with van der Waals surface area (Å²) in [6.45, 7) is 6.81. The highest BCUT2D eigenvalue weighted by Crippen LogP contribution is 2.25. The SMILES string of the molecule is COc1nc2ccccc2nc1N[C@H]1CCN(C(=O)OC(C)(C)C)C1. The Bertz CT molecular complexity index is 772. The second-order valence-electron chi connectivity index (χ2n) is 7.13. The smallest absolute Gasteiger partial charge is 0.410 e. The van der Waals surface area contributed by atoms with E-state index in [2.05, 4.69) is 15.3 Å². The predicted octanol–water partition coefficient (Wildman–Crippen LogP) is 3.06. The van der Waals surface area contributed by atoms with Crippen molar-refractivity contribution in [3.05, 3.63) is 24.3 Å².